The van der Waals surface area contributed by atoms with Gasteiger partial charge in [-0.05, 0) is 17.7 Å². The molecule has 0 aliphatic carbocycles. The maximum Gasteiger partial charge on any atom is 0.358 e. The average molecular weight is 393 g/mol. The Hall–Kier alpha value is -3.25. The minimum absolute atomic E-state index is 0.0199. The van der Waals surface area contributed by atoms with Gasteiger partial charge in [-0.3, -0.25) is 9.08 Å². The van der Waals surface area contributed by atoms with Crippen molar-refractivity contribution in [3.8, 4) is 0 Å². The molecule has 6 heteroatoms. The van der Waals surface area contributed by atoms with Gasteiger partial charge in [-0.1, -0.05) is 84.0 Å². The van der Waals surface area contributed by atoms with Crippen molar-refractivity contribution in [1.29, 1.82) is 0 Å². The molecule has 0 atom stereocenters. The lowest BCUT2D eigenvalue weighted by molar-refractivity contribution is 0.0985. The highest BCUT2D eigenvalue weighted by Gasteiger charge is 2.17. The lowest BCUT2D eigenvalue weighted by Crippen LogP contribution is -2.09. The summed E-state index contributed by atoms with van der Waals surface area (Å²) in [6, 6.07) is 25.8. The Morgan fingerprint density at radius 1 is 0.714 bits per heavy atom. The highest BCUT2D eigenvalue weighted by molar-refractivity contribution is 7.86. The van der Waals surface area contributed by atoms with E-state index in [9.17, 15) is 13.2 Å². The lowest BCUT2D eigenvalue weighted by atomic mass is 10.0. The third-order valence-corrected chi connectivity index (χ3v) is 5.19. The van der Waals surface area contributed by atoms with Crippen LogP contribution < -0.4 is 0 Å². The van der Waals surface area contributed by atoms with Gasteiger partial charge in [0.15, 0.2) is 5.78 Å². The van der Waals surface area contributed by atoms with Crippen LogP contribution in [0.1, 0.15) is 28.8 Å². The first-order valence-corrected chi connectivity index (χ1v) is 10.2. The van der Waals surface area contributed by atoms with Crippen LogP contribution in [-0.4, -0.2) is 19.9 Å². The summed E-state index contributed by atoms with van der Waals surface area (Å²) in [5, 5.41) is 3.88. The molecule has 0 unspecified atom stereocenters. The number of ketones is 1. The fourth-order valence-electron chi connectivity index (χ4n) is 2.60. The zero-order valence-electron chi connectivity index (χ0n) is 15.1. The number of benzene rings is 3. The lowest BCUT2D eigenvalue weighted by Gasteiger charge is -2.07. The number of rotatable bonds is 8. The molecule has 0 bridgehead atoms. The predicted octanol–water partition coefficient (Wildman–Crippen LogP) is 4.46. The molecule has 0 saturated heterocycles. The predicted molar refractivity (Wildman–Crippen MR) is 108 cm³/mol. The standard InChI is InChI=1S/C22H19NO4S/c24-22(19-12-6-2-7-13-19)17-16-21(18-10-4-1-5-11-18)23-27-28(25,26)20-14-8-3-9-15-20/h1-15H,16-17H2. The first-order chi connectivity index (χ1) is 13.6. The van der Waals surface area contributed by atoms with Crippen molar-refractivity contribution >= 4 is 21.6 Å². The second-order valence-electron chi connectivity index (χ2n) is 6.03. The number of carbonyl (C=O) groups is 1. The van der Waals surface area contributed by atoms with Crippen molar-refractivity contribution in [2.75, 3.05) is 0 Å². The van der Waals surface area contributed by atoms with E-state index in [1.807, 2.05) is 24.3 Å². The third-order valence-electron chi connectivity index (χ3n) is 4.07. The smallest absolute Gasteiger partial charge is 0.294 e. The van der Waals surface area contributed by atoms with E-state index in [2.05, 4.69) is 5.16 Å². The van der Waals surface area contributed by atoms with E-state index in [1.54, 1.807) is 54.6 Å². The van der Waals surface area contributed by atoms with Crippen molar-refractivity contribution in [2.24, 2.45) is 5.16 Å². The molecule has 0 aromatic heterocycles. The molecule has 142 valence electrons. The number of Topliss-reactive ketones (excluding diaryl/α,β-unsaturated/α-hetero) is 1. The van der Waals surface area contributed by atoms with Gasteiger partial charge in [0.05, 0.1) is 5.71 Å². The van der Waals surface area contributed by atoms with E-state index in [0.717, 1.165) is 0 Å². The van der Waals surface area contributed by atoms with Crippen LogP contribution in [0, 0.1) is 0 Å². The molecule has 5 nitrogen and oxygen atoms in total. The van der Waals surface area contributed by atoms with Gasteiger partial charge in [-0.2, -0.15) is 8.42 Å². The second kappa shape index (κ2) is 9.10. The number of hydrogen-bond acceptors (Lipinski definition) is 5. The molecule has 3 aromatic carbocycles. The SMILES string of the molecule is O=C(CCC(=NOS(=O)(=O)c1ccccc1)c1ccccc1)c1ccccc1. The van der Waals surface area contributed by atoms with Gasteiger partial charge in [0.2, 0.25) is 0 Å². The molecule has 0 saturated carbocycles. The Morgan fingerprint density at radius 3 is 1.79 bits per heavy atom. The van der Waals surface area contributed by atoms with Crippen LogP contribution in [0.5, 0.6) is 0 Å². The van der Waals surface area contributed by atoms with Gasteiger partial charge in [0.1, 0.15) is 4.90 Å². The monoisotopic (exact) mass is 393 g/mol. The van der Waals surface area contributed by atoms with Crippen LogP contribution in [0.3, 0.4) is 0 Å². The molecule has 0 amide bonds. The van der Waals surface area contributed by atoms with Crippen LogP contribution in [0.15, 0.2) is 101 Å². The topological polar surface area (TPSA) is 72.8 Å². The second-order valence-corrected chi connectivity index (χ2v) is 7.56. The summed E-state index contributed by atoms with van der Waals surface area (Å²) in [6.45, 7) is 0. The number of carbonyl (C=O) groups excluding carboxylic acids is 1. The summed E-state index contributed by atoms with van der Waals surface area (Å²) in [7, 11) is -4.03. The fraction of sp³-hybridized carbons (Fsp3) is 0.0909. The highest BCUT2D eigenvalue weighted by atomic mass is 32.2. The van der Waals surface area contributed by atoms with Crippen molar-refractivity contribution in [2.45, 2.75) is 17.7 Å². The van der Waals surface area contributed by atoms with E-state index in [0.29, 0.717) is 16.8 Å². The Morgan fingerprint density at radius 2 is 1.21 bits per heavy atom. The summed E-state index contributed by atoms with van der Waals surface area (Å²) in [5.74, 6) is -0.0462. The van der Waals surface area contributed by atoms with E-state index in [4.69, 9.17) is 4.28 Å². The maximum absolute atomic E-state index is 12.4. The maximum atomic E-state index is 12.4. The van der Waals surface area contributed by atoms with E-state index < -0.39 is 10.1 Å². The molecule has 0 radical (unpaired) electrons. The molecular formula is C22H19NO4S. The summed E-state index contributed by atoms with van der Waals surface area (Å²) in [6.07, 6.45) is 0.439. The van der Waals surface area contributed by atoms with Crippen molar-refractivity contribution in [3.63, 3.8) is 0 Å². The number of nitrogens with zero attached hydrogens (tertiary/aromatic N) is 1. The normalized spacial score (nSPS) is 11.8. The fourth-order valence-corrected chi connectivity index (χ4v) is 3.36. The Kier molecular flexibility index (Phi) is 6.34. The molecule has 28 heavy (non-hydrogen) atoms. The minimum Gasteiger partial charge on any atom is -0.294 e. The average Bonchev–Trinajstić information content (AvgIpc) is 2.75. The first kappa shape index (κ1) is 19.5. The summed E-state index contributed by atoms with van der Waals surface area (Å²) < 4.78 is 29.6. The Balaban J connectivity index is 1.80. The van der Waals surface area contributed by atoms with Crippen LogP contribution in [-0.2, 0) is 14.4 Å². The van der Waals surface area contributed by atoms with E-state index >= 15 is 0 Å². The largest absolute Gasteiger partial charge is 0.358 e. The highest BCUT2D eigenvalue weighted by Crippen LogP contribution is 2.15. The van der Waals surface area contributed by atoms with Gasteiger partial charge < -0.3 is 0 Å². The molecule has 0 aliphatic rings. The van der Waals surface area contributed by atoms with Gasteiger partial charge in [-0.15, -0.1) is 0 Å². The summed E-state index contributed by atoms with van der Waals surface area (Å²) in [4.78, 5) is 12.4. The summed E-state index contributed by atoms with van der Waals surface area (Å²) >= 11 is 0. The van der Waals surface area contributed by atoms with E-state index in [1.165, 1.54) is 12.1 Å². The molecule has 0 heterocycles. The van der Waals surface area contributed by atoms with Crippen LogP contribution in [0.2, 0.25) is 0 Å². The number of oxime groups is 1. The van der Waals surface area contributed by atoms with Crippen molar-refractivity contribution < 1.29 is 17.5 Å². The van der Waals surface area contributed by atoms with Crippen molar-refractivity contribution in [1.82, 2.24) is 0 Å². The van der Waals surface area contributed by atoms with E-state index in [-0.39, 0.29) is 23.5 Å². The Bertz CT molecular complexity index is 1050. The molecule has 0 aliphatic heterocycles. The third kappa shape index (κ3) is 5.14. The van der Waals surface area contributed by atoms with Crippen LogP contribution in [0.25, 0.3) is 0 Å². The molecule has 0 fully saturated rings. The van der Waals surface area contributed by atoms with Gasteiger partial charge in [0.25, 0.3) is 0 Å². The molecular weight excluding hydrogens is 374 g/mol. The molecule has 0 N–H and O–H groups in total. The zero-order valence-corrected chi connectivity index (χ0v) is 15.9. The van der Waals surface area contributed by atoms with Crippen LogP contribution in [0.4, 0.5) is 0 Å². The van der Waals surface area contributed by atoms with Gasteiger partial charge in [0, 0.05) is 18.4 Å². The van der Waals surface area contributed by atoms with Crippen LogP contribution >= 0.6 is 0 Å². The zero-order chi connectivity index (χ0) is 19.8. The van der Waals surface area contributed by atoms with Crippen molar-refractivity contribution in [3.05, 3.63) is 102 Å². The molecule has 3 rings (SSSR count). The number of hydrogen-bond donors (Lipinski definition) is 0. The Labute approximate surface area is 164 Å². The quantitative estimate of drug-likeness (QED) is 0.322. The molecule has 0 spiro atoms. The van der Waals surface area contributed by atoms with Gasteiger partial charge in [-0.25, -0.2) is 0 Å². The minimum atomic E-state index is -4.03. The first-order valence-electron chi connectivity index (χ1n) is 8.75. The van der Waals surface area contributed by atoms with Gasteiger partial charge >= 0.3 is 10.1 Å². The molecule has 3 aromatic rings. The summed E-state index contributed by atoms with van der Waals surface area (Å²) in [5.41, 5.74) is 1.70.